The number of likely N-dealkylation sites (N-methyl/N-ethyl adjacent to an activating group) is 1. The van der Waals surface area contributed by atoms with Crippen molar-refractivity contribution in [2.24, 2.45) is 0 Å². The number of imide groups is 1. The molecule has 1 heterocycles. The molecule has 1 aliphatic rings. The van der Waals surface area contributed by atoms with Crippen molar-refractivity contribution in [3.8, 4) is 0 Å². The van der Waals surface area contributed by atoms with Gasteiger partial charge in [-0.05, 0) is 43.7 Å². The summed E-state index contributed by atoms with van der Waals surface area (Å²) in [4.78, 5) is 52.1. The molecule has 7 nitrogen and oxygen atoms in total. The first-order valence-corrected chi connectivity index (χ1v) is 9.37. The summed E-state index contributed by atoms with van der Waals surface area (Å²) >= 11 is 0. The van der Waals surface area contributed by atoms with Gasteiger partial charge in [0.2, 0.25) is 5.91 Å². The lowest BCUT2D eigenvalue weighted by atomic mass is 10.1. The van der Waals surface area contributed by atoms with Crippen LogP contribution in [0.15, 0.2) is 48.5 Å². The third-order valence-electron chi connectivity index (χ3n) is 4.57. The molecule has 1 aliphatic heterocycles. The minimum atomic E-state index is -0.343. The van der Waals surface area contributed by atoms with E-state index in [0.717, 1.165) is 0 Å². The number of rotatable bonds is 6. The topological polar surface area (TPSA) is 86.8 Å². The molecule has 0 fully saturated rings. The molecule has 3 rings (SSSR count). The van der Waals surface area contributed by atoms with Gasteiger partial charge in [-0.15, -0.1) is 0 Å². The van der Waals surface area contributed by atoms with E-state index in [1.54, 1.807) is 55.6 Å². The Morgan fingerprint density at radius 1 is 1.00 bits per heavy atom. The fourth-order valence-corrected chi connectivity index (χ4v) is 3.24. The summed E-state index contributed by atoms with van der Waals surface area (Å²) < 4.78 is 0. The van der Waals surface area contributed by atoms with Gasteiger partial charge in [0.05, 0.1) is 24.2 Å². The Kier molecular flexibility index (Phi) is 5.77. The van der Waals surface area contributed by atoms with Gasteiger partial charge < -0.3 is 10.2 Å². The van der Waals surface area contributed by atoms with Crippen molar-refractivity contribution in [2.75, 3.05) is 13.6 Å². The van der Waals surface area contributed by atoms with E-state index < -0.39 is 0 Å². The second-order valence-electron chi connectivity index (χ2n) is 7.33. The second kappa shape index (κ2) is 8.26. The van der Waals surface area contributed by atoms with Crippen molar-refractivity contribution in [2.45, 2.75) is 26.4 Å². The third-order valence-corrected chi connectivity index (χ3v) is 4.57. The van der Waals surface area contributed by atoms with Gasteiger partial charge in [-0.2, -0.15) is 0 Å². The maximum absolute atomic E-state index is 12.7. The lowest BCUT2D eigenvalue weighted by Crippen LogP contribution is -2.40. The van der Waals surface area contributed by atoms with E-state index in [1.165, 1.54) is 9.80 Å². The summed E-state index contributed by atoms with van der Waals surface area (Å²) in [5.41, 5.74) is 1.82. The van der Waals surface area contributed by atoms with Gasteiger partial charge in [-0.3, -0.25) is 24.1 Å². The third kappa shape index (κ3) is 4.34. The van der Waals surface area contributed by atoms with Crippen LogP contribution in [-0.2, 0) is 11.3 Å². The first-order valence-electron chi connectivity index (χ1n) is 9.37. The fourth-order valence-electron chi connectivity index (χ4n) is 3.24. The number of hydrogen-bond acceptors (Lipinski definition) is 4. The molecule has 0 aromatic heterocycles. The molecule has 0 bridgehead atoms. The van der Waals surface area contributed by atoms with Crippen LogP contribution in [0.1, 0.15) is 50.5 Å². The van der Waals surface area contributed by atoms with Crippen molar-refractivity contribution in [1.82, 2.24) is 15.1 Å². The molecule has 1 N–H and O–H groups in total. The monoisotopic (exact) mass is 393 g/mol. The summed E-state index contributed by atoms with van der Waals surface area (Å²) in [6, 6.07) is 13.4. The molecule has 4 amide bonds. The maximum Gasteiger partial charge on any atom is 0.261 e. The summed E-state index contributed by atoms with van der Waals surface area (Å²) in [5.74, 6) is -1.24. The van der Waals surface area contributed by atoms with E-state index in [-0.39, 0.29) is 42.8 Å². The van der Waals surface area contributed by atoms with E-state index in [2.05, 4.69) is 5.32 Å². The number of nitrogens with zero attached hydrogens (tertiary/aromatic N) is 2. The lowest BCUT2D eigenvalue weighted by Gasteiger charge is -2.19. The van der Waals surface area contributed by atoms with Gasteiger partial charge in [-0.25, -0.2) is 0 Å². The van der Waals surface area contributed by atoms with Gasteiger partial charge >= 0.3 is 0 Å². The van der Waals surface area contributed by atoms with Crippen LogP contribution < -0.4 is 5.32 Å². The molecule has 0 aliphatic carbocycles. The molecule has 0 spiro atoms. The van der Waals surface area contributed by atoms with Crippen molar-refractivity contribution in [1.29, 1.82) is 0 Å². The molecule has 0 unspecified atom stereocenters. The van der Waals surface area contributed by atoms with Crippen LogP contribution in [0.5, 0.6) is 0 Å². The molecular weight excluding hydrogens is 370 g/mol. The largest absolute Gasteiger partial charge is 0.352 e. The zero-order valence-electron chi connectivity index (χ0n) is 16.6. The van der Waals surface area contributed by atoms with E-state index in [1.807, 2.05) is 13.8 Å². The maximum atomic E-state index is 12.7. The smallest absolute Gasteiger partial charge is 0.261 e. The Bertz CT molecular complexity index is 949. The highest BCUT2D eigenvalue weighted by molar-refractivity contribution is 6.21. The minimum Gasteiger partial charge on any atom is -0.352 e. The molecule has 2 aromatic carbocycles. The zero-order chi connectivity index (χ0) is 21.1. The lowest BCUT2D eigenvalue weighted by molar-refractivity contribution is -0.122. The van der Waals surface area contributed by atoms with Crippen LogP contribution in [0.4, 0.5) is 0 Å². The Balaban J connectivity index is 1.72. The van der Waals surface area contributed by atoms with Crippen molar-refractivity contribution in [3.05, 3.63) is 70.8 Å². The molecule has 150 valence electrons. The van der Waals surface area contributed by atoms with E-state index in [0.29, 0.717) is 22.3 Å². The highest BCUT2D eigenvalue weighted by Gasteiger charge is 2.35. The SMILES string of the molecule is CC(C)NC(=O)CN(C)C(=O)c1cccc(CN2C(=O)c3ccccc3C2=O)c1. The standard InChI is InChI=1S/C22H23N3O4/c1-14(2)23-19(26)13-24(3)20(27)16-8-6-7-15(11-16)12-25-21(28)17-9-4-5-10-18(17)22(25)29/h4-11,14H,12-13H2,1-3H3,(H,23,26). The Morgan fingerprint density at radius 2 is 1.62 bits per heavy atom. The molecule has 0 radical (unpaired) electrons. The molecule has 0 saturated heterocycles. The van der Waals surface area contributed by atoms with Crippen molar-refractivity contribution < 1.29 is 19.2 Å². The number of carbonyl (C=O) groups excluding carboxylic acids is 4. The minimum absolute atomic E-state index is 0.00557. The number of benzene rings is 2. The summed E-state index contributed by atoms with van der Waals surface area (Å²) in [6.45, 7) is 3.72. The molecular formula is C22H23N3O4. The number of amides is 4. The van der Waals surface area contributed by atoms with Gasteiger partial charge in [0.25, 0.3) is 17.7 Å². The van der Waals surface area contributed by atoms with Crippen LogP contribution in [-0.4, -0.2) is 53.1 Å². The number of fused-ring (bicyclic) bond motifs is 1. The average Bonchev–Trinajstić information content (AvgIpc) is 2.92. The van der Waals surface area contributed by atoms with Crippen LogP contribution in [0.25, 0.3) is 0 Å². The van der Waals surface area contributed by atoms with E-state index >= 15 is 0 Å². The normalized spacial score (nSPS) is 12.9. The summed E-state index contributed by atoms with van der Waals surface area (Å²) in [5, 5.41) is 2.74. The van der Waals surface area contributed by atoms with Crippen LogP contribution >= 0.6 is 0 Å². The van der Waals surface area contributed by atoms with Gasteiger partial charge in [0, 0.05) is 18.7 Å². The van der Waals surface area contributed by atoms with Crippen molar-refractivity contribution in [3.63, 3.8) is 0 Å². The van der Waals surface area contributed by atoms with E-state index in [9.17, 15) is 19.2 Å². The number of nitrogens with one attached hydrogen (secondary N) is 1. The van der Waals surface area contributed by atoms with Crippen molar-refractivity contribution >= 4 is 23.6 Å². The highest BCUT2D eigenvalue weighted by atomic mass is 16.2. The molecule has 7 heteroatoms. The first kappa shape index (κ1) is 20.3. The number of hydrogen-bond donors (Lipinski definition) is 1. The van der Waals surface area contributed by atoms with Gasteiger partial charge in [-0.1, -0.05) is 24.3 Å². The summed E-state index contributed by atoms with van der Waals surface area (Å²) in [6.07, 6.45) is 0. The van der Waals surface area contributed by atoms with E-state index in [4.69, 9.17) is 0 Å². The van der Waals surface area contributed by atoms with Gasteiger partial charge in [0.15, 0.2) is 0 Å². The Labute approximate surface area is 169 Å². The van der Waals surface area contributed by atoms with Crippen LogP contribution in [0, 0.1) is 0 Å². The zero-order valence-corrected chi connectivity index (χ0v) is 16.6. The quantitative estimate of drug-likeness (QED) is 0.762. The fraction of sp³-hybridized carbons (Fsp3) is 0.273. The Hall–Kier alpha value is -3.48. The highest BCUT2D eigenvalue weighted by Crippen LogP contribution is 2.24. The van der Waals surface area contributed by atoms with Crippen LogP contribution in [0.3, 0.4) is 0 Å². The molecule has 0 atom stereocenters. The number of carbonyl (C=O) groups is 4. The second-order valence-corrected chi connectivity index (χ2v) is 7.33. The van der Waals surface area contributed by atoms with Crippen LogP contribution in [0.2, 0.25) is 0 Å². The first-order chi connectivity index (χ1) is 13.8. The summed E-state index contributed by atoms with van der Waals surface area (Å²) in [7, 11) is 1.55. The molecule has 2 aromatic rings. The average molecular weight is 393 g/mol. The van der Waals surface area contributed by atoms with Gasteiger partial charge in [0.1, 0.15) is 0 Å². The predicted octanol–water partition coefficient (Wildman–Crippen LogP) is 2.08. The molecule has 29 heavy (non-hydrogen) atoms. The Morgan fingerprint density at radius 3 is 2.21 bits per heavy atom. The predicted molar refractivity (Wildman–Crippen MR) is 107 cm³/mol. The molecule has 0 saturated carbocycles.